The highest BCUT2D eigenvalue weighted by Gasteiger charge is 2.14. The normalized spacial score (nSPS) is 14.1. The van der Waals surface area contributed by atoms with Crippen molar-refractivity contribution in [3.05, 3.63) is 75.5 Å². The Morgan fingerprint density at radius 3 is 2.26 bits per heavy atom. The maximum absolute atomic E-state index is 4.31. The van der Waals surface area contributed by atoms with Gasteiger partial charge in [0.25, 0.3) is 0 Å². The van der Waals surface area contributed by atoms with Crippen molar-refractivity contribution < 1.29 is 0 Å². The van der Waals surface area contributed by atoms with Gasteiger partial charge in [-0.15, -0.1) is 0 Å². The molecule has 0 aliphatic carbocycles. The molecule has 2 rings (SSSR count). The highest BCUT2D eigenvalue weighted by Crippen LogP contribution is 2.32. The van der Waals surface area contributed by atoms with E-state index in [4.69, 9.17) is 0 Å². The smallest absolute Gasteiger partial charge is 0.0210 e. The van der Waals surface area contributed by atoms with Crippen LogP contribution in [0.1, 0.15) is 36.3 Å². The second kappa shape index (κ2) is 6.71. The van der Waals surface area contributed by atoms with Crippen LogP contribution in [0.15, 0.2) is 57.5 Å². The fourth-order valence-corrected chi connectivity index (χ4v) is 3.16. The predicted molar refractivity (Wildman–Crippen MR) is 89.4 cm³/mol. The maximum atomic E-state index is 4.31. The third kappa shape index (κ3) is 3.93. The number of halogens is 2. The lowest BCUT2D eigenvalue weighted by atomic mass is 9.87. The molecule has 0 spiro atoms. The largest absolute Gasteiger partial charge is 0.0619 e. The van der Waals surface area contributed by atoms with Crippen LogP contribution in [-0.4, -0.2) is 0 Å². The Balaban J connectivity index is 2.08. The van der Waals surface area contributed by atoms with E-state index in [9.17, 15) is 0 Å². The molecule has 0 saturated carbocycles. The Hall–Kier alpha value is -0.600. The topological polar surface area (TPSA) is 0 Å². The Morgan fingerprint density at radius 2 is 1.63 bits per heavy atom. The van der Waals surface area contributed by atoms with E-state index in [2.05, 4.69) is 88.2 Å². The van der Waals surface area contributed by atoms with E-state index < -0.39 is 0 Å². The van der Waals surface area contributed by atoms with E-state index in [1.165, 1.54) is 11.1 Å². The average molecular weight is 381 g/mol. The first-order valence-corrected chi connectivity index (χ1v) is 7.99. The third-order valence-corrected chi connectivity index (χ3v) is 4.67. The molecular formula is C17H17Br2. The molecule has 19 heavy (non-hydrogen) atoms. The molecule has 0 amide bonds. The quantitative estimate of drug-likeness (QED) is 0.581. The van der Waals surface area contributed by atoms with Crippen LogP contribution in [0.4, 0.5) is 0 Å². The molecule has 2 atom stereocenters. The van der Waals surface area contributed by atoms with Crippen LogP contribution in [-0.2, 0) is 0 Å². The molecule has 2 unspecified atom stereocenters. The summed E-state index contributed by atoms with van der Waals surface area (Å²) in [7, 11) is 0. The van der Waals surface area contributed by atoms with Crippen molar-refractivity contribution in [3.8, 4) is 0 Å². The van der Waals surface area contributed by atoms with Crippen LogP contribution >= 0.6 is 31.9 Å². The fourth-order valence-electron chi connectivity index (χ4n) is 2.29. The summed E-state index contributed by atoms with van der Waals surface area (Å²) in [5.41, 5.74) is 2.65. The highest BCUT2D eigenvalue weighted by molar-refractivity contribution is 9.10. The number of hydrogen-bond donors (Lipinski definition) is 0. The van der Waals surface area contributed by atoms with Crippen molar-refractivity contribution in [1.29, 1.82) is 0 Å². The van der Waals surface area contributed by atoms with Gasteiger partial charge in [0.1, 0.15) is 0 Å². The summed E-state index contributed by atoms with van der Waals surface area (Å²) >= 11 is 7.08. The number of benzene rings is 2. The zero-order chi connectivity index (χ0) is 13.8. The summed E-state index contributed by atoms with van der Waals surface area (Å²) in [6.45, 7) is 6.58. The second-order valence-corrected chi connectivity index (χ2v) is 6.68. The predicted octanol–water partition coefficient (Wildman–Crippen LogP) is 6.32. The summed E-state index contributed by atoms with van der Waals surface area (Å²) < 4.78 is 2.28. The first-order valence-electron chi connectivity index (χ1n) is 6.41. The van der Waals surface area contributed by atoms with Crippen LogP contribution < -0.4 is 0 Å². The molecule has 2 heteroatoms. The lowest BCUT2D eigenvalue weighted by Gasteiger charge is -2.19. The van der Waals surface area contributed by atoms with Crippen molar-refractivity contribution in [2.45, 2.75) is 25.2 Å². The molecule has 2 aromatic carbocycles. The minimum Gasteiger partial charge on any atom is -0.0619 e. The van der Waals surface area contributed by atoms with Gasteiger partial charge in [-0.25, -0.2) is 0 Å². The lowest BCUT2D eigenvalue weighted by Crippen LogP contribution is -2.02. The number of hydrogen-bond acceptors (Lipinski definition) is 0. The summed E-state index contributed by atoms with van der Waals surface area (Å²) in [5, 5.41) is 0. The third-order valence-electron chi connectivity index (χ3n) is 3.42. The molecule has 0 saturated heterocycles. The number of rotatable bonds is 4. The Kier molecular flexibility index (Phi) is 5.23. The van der Waals surface area contributed by atoms with Crippen LogP contribution in [0, 0.1) is 6.92 Å². The van der Waals surface area contributed by atoms with Gasteiger partial charge in [0.2, 0.25) is 0 Å². The standard InChI is InChI=1S/C17H17Br2/c1-12(14-7-9-15(18)10-8-14)11-13(2)16-5-3-4-6-17(16)19/h3-10,12-13H,2,11H2,1H3. The lowest BCUT2D eigenvalue weighted by molar-refractivity contribution is 0.625. The second-order valence-electron chi connectivity index (χ2n) is 4.91. The van der Waals surface area contributed by atoms with E-state index in [0.717, 1.165) is 15.4 Å². The first-order chi connectivity index (χ1) is 9.08. The van der Waals surface area contributed by atoms with Gasteiger partial charge in [0, 0.05) is 8.95 Å². The van der Waals surface area contributed by atoms with E-state index in [0.29, 0.717) is 11.8 Å². The minimum absolute atomic E-state index is 0.300. The van der Waals surface area contributed by atoms with Crippen molar-refractivity contribution in [1.82, 2.24) is 0 Å². The Morgan fingerprint density at radius 1 is 1.00 bits per heavy atom. The maximum Gasteiger partial charge on any atom is 0.0210 e. The van der Waals surface area contributed by atoms with Gasteiger partial charge in [-0.3, -0.25) is 0 Å². The van der Waals surface area contributed by atoms with Gasteiger partial charge in [0.05, 0.1) is 0 Å². The monoisotopic (exact) mass is 379 g/mol. The summed E-state index contributed by atoms with van der Waals surface area (Å²) in [4.78, 5) is 0. The first kappa shape index (κ1) is 14.8. The van der Waals surface area contributed by atoms with Crippen LogP contribution in [0.3, 0.4) is 0 Å². The Labute approximate surface area is 132 Å². The molecule has 0 heterocycles. The van der Waals surface area contributed by atoms with Gasteiger partial charge < -0.3 is 0 Å². The van der Waals surface area contributed by atoms with Crippen LogP contribution in [0.2, 0.25) is 0 Å². The molecule has 0 aliphatic rings. The molecule has 0 aromatic heterocycles. The molecule has 1 radical (unpaired) electrons. The minimum atomic E-state index is 0.300. The van der Waals surface area contributed by atoms with Gasteiger partial charge in [-0.1, -0.05) is 69.1 Å². The zero-order valence-corrected chi connectivity index (χ0v) is 14.1. The van der Waals surface area contributed by atoms with Gasteiger partial charge in [-0.2, -0.15) is 0 Å². The van der Waals surface area contributed by atoms with Gasteiger partial charge in [-0.05, 0) is 54.5 Å². The molecule has 2 aromatic rings. The summed E-state index contributed by atoms with van der Waals surface area (Å²) in [6.07, 6.45) is 1.05. The summed E-state index contributed by atoms with van der Waals surface area (Å²) in [5.74, 6) is 0.803. The molecule has 0 nitrogen and oxygen atoms in total. The van der Waals surface area contributed by atoms with Crippen molar-refractivity contribution in [3.63, 3.8) is 0 Å². The Bertz CT molecular complexity index is 531. The van der Waals surface area contributed by atoms with E-state index >= 15 is 0 Å². The molecule has 0 bridgehead atoms. The van der Waals surface area contributed by atoms with Crippen molar-refractivity contribution >= 4 is 31.9 Å². The summed E-state index contributed by atoms with van der Waals surface area (Å²) in [6, 6.07) is 16.9. The average Bonchev–Trinajstić information content (AvgIpc) is 2.39. The van der Waals surface area contributed by atoms with Crippen LogP contribution in [0.5, 0.6) is 0 Å². The molecular weight excluding hydrogens is 364 g/mol. The molecule has 0 N–H and O–H groups in total. The van der Waals surface area contributed by atoms with Crippen LogP contribution in [0.25, 0.3) is 0 Å². The SMILES string of the molecule is [CH2]C(CC(C)c1ccc(Br)cc1)c1ccccc1Br. The van der Waals surface area contributed by atoms with E-state index in [1.54, 1.807) is 0 Å². The fraction of sp³-hybridized carbons (Fsp3) is 0.235. The highest BCUT2D eigenvalue weighted by atomic mass is 79.9. The van der Waals surface area contributed by atoms with Crippen molar-refractivity contribution in [2.75, 3.05) is 0 Å². The van der Waals surface area contributed by atoms with E-state index in [-0.39, 0.29) is 0 Å². The van der Waals surface area contributed by atoms with E-state index in [1.807, 2.05) is 6.07 Å². The molecule has 0 aliphatic heterocycles. The van der Waals surface area contributed by atoms with Gasteiger partial charge in [0.15, 0.2) is 0 Å². The molecule has 99 valence electrons. The van der Waals surface area contributed by atoms with Crippen molar-refractivity contribution in [2.24, 2.45) is 0 Å². The molecule has 0 fully saturated rings. The van der Waals surface area contributed by atoms with Gasteiger partial charge >= 0.3 is 0 Å². The zero-order valence-electron chi connectivity index (χ0n) is 10.9.